The van der Waals surface area contributed by atoms with Gasteiger partial charge in [0.25, 0.3) is 0 Å². The molecule has 2 unspecified atom stereocenters. The highest BCUT2D eigenvalue weighted by atomic mass is 14.3. The second kappa shape index (κ2) is 7.50. The second-order valence-electron chi connectivity index (χ2n) is 3.62. The van der Waals surface area contributed by atoms with E-state index in [2.05, 4.69) is 38.2 Å². The van der Waals surface area contributed by atoms with E-state index in [0.29, 0.717) is 0 Å². The Kier molecular flexibility index (Phi) is 7.11. The SMILES string of the molecule is CC.CC.CC1=CC=C(C)C2CC=CC12. The highest BCUT2D eigenvalue weighted by Crippen LogP contribution is 2.38. The van der Waals surface area contributed by atoms with Crippen molar-refractivity contribution in [1.82, 2.24) is 0 Å². The van der Waals surface area contributed by atoms with Gasteiger partial charge in [-0.25, -0.2) is 0 Å². The molecule has 0 heteroatoms. The van der Waals surface area contributed by atoms with E-state index in [9.17, 15) is 0 Å². The molecule has 0 amide bonds. The minimum absolute atomic E-state index is 0.722. The number of rotatable bonds is 0. The summed E-state index contributed by atoms with van der Waals surface area (Å²) in [6, 6.07) is 0. The first-order valence-corrected chi connectivity index (χ1v) is 6.30. The van der Waals surface area contributed by atoms with Crippen molar-refractivity contribution in [3.8, 4) is 0 Å². The lowest BCUT2D eigenvalue weighted by Crippen LogP contribution is -2.13. The highest BCUT2D eigenvalue weighted by molar-refractivity contribution is 5.33. The van der Waals surface area contributed by atoms with Crippen LogP contribution in [0.3, 0.4) is 0 Å². The van der Waals surface area contributed by atoms with Crippen LogP contribution in [0.25, 0.3) is 0 Å². The number of hydrogen-bond donors (Lipinski definition) is 0. The quantitative estimate of drug-likeness (QED) is 0.482. The molecule has 0 aromatic heterocycles. The van der Waals surface area contributed by atoms with Crippen LogP contribution in [0.15, 0.2) is 35.5 Å². The van der Waals surface area contributed by atoms with Gasteiger partial charge in [-0.1, -0.05) is 63.1 Å². The molecule has 2 atom stereocenters. The van der Waals surface area contributed by atoms with Crippen molar-refractivity contribution in [2.45, 2.75) is 48.0 Å². The van der Waals surface area contributed by atoms with Crippen LogP contribution in [-0.4, -0.2) is 0 Å². The molecule has 86 valence electrons. The molecular weight excluding hydrogens is 180 g/mol. The third-order valence-corrected chi connectivity index (χ3v) is 2.89. The molecule has 0 saturated carbocycles. The zero-order valence-corrected chi connectivity index (χ0v) is 11.2. The molecule has 0 aromatic rings. The first kappa shape index (κ1) is 14.2. The van der Waals surface area contributed by atoms with Gasteiger partial charge in [0.2, 0.25) is 0 Å². The molecule has 2 aliphatic rings. The van der Waals surface area contributed by atoms with Crippen molar-refractivity contribution in [3.05, 3.63) is 35.5 Å². The first-order chi connectivity index (χ1) is 7.29. The first-order valence-electron chi connectivity index (χ1n) is 6.30. The van der Waals surface area contributed by atoms with Gasteiger partial charge >= 0.3 is 0 Å². The minimum Gasteiger partial charge on any atom is -0.0873 e. The molecule has 15 heavy (non-hydrogen) atoms. The number of fused-ring (bicyclic) bond motifs is 1. The van der Waals surface area contributed by atoms with E-state index in [1.165, 1.54) is 12.0 Å². The summed E-state index contributed by atoms with van der Waals surface area (Å²) in [5, 5.41) is 0. The summed E-state index contributed by atoms with van der Waals surface area (Å²) in [5.74, 6) is 1.51. The van der Waals surface area contributed by atoms with Crippen LogP contribution in [0.5, 0.6) is 0 Å². The Morgan fingerprint density at radius 1 is 0.933 bits per heavy atom. The zero-order valence-electron chi connectivity index (χ0n) is 11.2. The monoisotopic (exact) mass is 206 g/mol. The van der Waals surface area contributed by atoms with Gasteiger partial charge in [0.1, 0.15) is 0 Å². The Bertz CT molecular complexity index is 253. The summed E-state index contributed by atoms with van der Waals surface area (Å²) in [4.78, 5) is 0. The van der Waals surface area contributed by atoms with E-state index in [-0.39, 0.29) is 0 Å². The largest absolute Gasteiger partial charge is 0.0873 e. The fourth-order valence-electron chi connectivity index (χ4n) is 2.09. The third kappa shape index (κ3) is 3.37. The number of hydrogen-bond acceptors (Lipinski definition) is 0. The molecule has 2 rings (SSSR count). The molecule has 0 N–H and O–H groups in total. The van der Waals surface area contributed by atoms with Gasteiger partial charge in [-0.3, -0.25) is 0 Å². The molecular formula is C15H26. The maximum atomic E-state index is 2.35. The predicted octanol–water partition coefficient (Wildman–Crippen LogP) is 5.14. The van der Waals surface area contributed by atoms with Gasteiger partial charge < -0.3 is 0 Å². The van der Waals surface area contributed by atoms with Gasteiger partial charge in [-0.05, 0) is 26.2 Å². The molecule has 0 aromatic carbocycles. The smallest absolute Gasteiger partial charge is 0.00456 e. The van der Waals surface area contributed by atoms with E-state index < -0.39 is 0 Å². The molecule has 0 aliphatic heterocycles. The fraction of sp³-hybridized carbons (Fsp3) is 0.600. The maximum absolute atomic E-state index is 2.35. The van der Waals surface area contributed by atoms with Crippen LogP contribution in [0.1, 0.15) is 48.0 Å². The molecule has 0 heterocycles. The van der Waals surface area contributed by atoms with Crippen molar-refractivity contribution < 1.29 is 0 Å². The van der Waals surface area contributed by atoms with Gasteiger partial charge in [0.05, 0.1) is 0 Å². The van der Waals surface area contributed by atoms with Crippen molar-refractivity contribution >= 4 is 0 Å². The molecule has 0 nitrogen and oxygen atoms in total. The Labute approximate surface area is 95.8 Å². The molecule has 2 aliphatic carbocycles. The summed E-state index contributed by atoms with van der Waals surface area (Å²) in [6.07, 6.45) is 10.4. The highest BCUT2D eigenvalue weighted by Gasteiger charge is 2.26. The zero-order chi connectivity index (χ0) is 11.8. The Balaban J connectivity index is 0.000000442. The summed E-state index contributed by atoms with van der Waals surface area (Å²) in [5.41, 5.74) is 3.07. The Morgan fingerprint density at radius 3 is 2.00 bits per heavy atom. The van der Waals surface area contributed by atoms with E-state index in [1.54, 1.807) is 5.57 Å². The maximum Gasteiger partial charge on any atom is 0.00456 e. The topological polar surface area (TPSA) is 0 Å². The average Bonchev–Trinajstić information content (AvgIpc) is 2.79. The van der Waals surface area contributed by atoms with Gasteiger partial charge in [0, 0.05) is 5.92 Å². The van der Waals surface area contributed by atoms with Crippen LogP contribution in [0.2, 0.25) is 0 Å². The molecule has 0 fully saturated rings. The van der Waals surface area contributed by atoms with Crippen molar-refractivity contribution in [1.29, 1.82) is 0 Å². The number of allylic oxidation sites excluding steroid dienone is 6. The lowest BCUT2D eigenvalue weighted by Gasteiger charge is -2.24. The van der Waals surface area contributed by atoms with E-state index in [4.69, 9.17) is 0 Å². The fourth-order valence-corrected chi connectivity index (χ4v) is 2.09. The molecule has 0 bridgehead atoms. The second-order valence-corrected chi connectivity index (χ2v) is 3.62. The average molecular weight is 206 g/mol. The van der Waals surface area contributed by atoms with Gasteiger partial charge in [0.15, 0.2) is 0 Å². The van der Waals surface area contributed by atoms with Gasteiger partial charge in [-0.2, -0.15) is 0 Å². The summed E-state index contributed by atoms with van der Waals surface area (Å²) in [6.45, 7) is 12.5. The van der Waals surface area contributed by atoms with Crippen LogP contribution >= 0.6 is 0 Å². The lowest BCUT2D eigenvalue weighted by molar-refractivity contribution is 0.536. The Morgan fingerprint density at radius 2 is 1.47 bits per heavy atom. The third-order valence-electron chi connectivity index (χ3n) is 2.89. The molecule has 0 radical (unpaired) electrons. The normalized spacial score (nSPS) is 26.3. The van der Waals surface area contributed by atoms with E-state index >= 15 is 0 Å². The standard InChI is InChI=1S/C11H14.2C2H6/c1-8-6-7-9(2)11-5-3-4-10(8)11;2*1-2/h3-4,6-7,10-11H,5H2,1-2H3;2*1-2H3. The van der Waals surface area contributed by atoms with Crippen LogP contribution in [-0.2, 0) is 0 Å². The predicted molar refractivity (Wildman–Crippen MR) is 70.9 cm³/mol. The van der Waals surface area contributed by atoms with Crippen molar-refractivity contribution in [2.75, 3.05) is 0 Å². The summed E-state index contributed by atoms with van der Waals surface area (Å²) >= 11 is 0. The molecule has 0 saturated heterocycles. The summed E-state index contributed by atoms with van der Waals surface area (Å²) < 4.78 is 0. The lowest BCUT2D eigenvalue weighted by atomic mass is 9.81. The van der Waals surface area contributed by atoms with Crippen molar-refractivity contribution in [3.63, 3.8) is 0 Å². The summed E-state index contributed by atoms with van der Waals surface area (Å²) in [7, 11) is 0. The minimum atomic E-state index is 0.722. The van der Waals surface area contributed by atoms with E-state index in [0.717, 1.165) is 11.8 Å². The Hall–Kier alpha value is -0.780. The van der Waals surface area contributed by atoms with E-state index in [1.807, 2.05) is 27.7 Å². The van der Waals surface area contributed by atoms with Crippen LogP contribution in [0.4, 0.5) is 0 Å². The van der Waals surface area contributed by atoms with Gasteiger partial charge in [-0.15, -0.1) is 0 Å². The van der Waals surface area contributed by atoms with Crippen molar-refractivity contribution in [2.24, 2.45) is 11.8 Å². The van der Waals surface area contributed by atoms with Crippen LogP contribution in [0, 0.1) is 11.8 Å². The molecule has 0 spiro atoms. The van der Waals surface area contributed by atoms with Crippen LogP contribution < -0.4 is 0 Å².